The van der Waals surface area contributed by atoms with Gasteiger partial charge in [0.25, 0.3) is 0 Å². The van der Waals surface area contributed by atoms with Crippen molar-refractivity contribution in [3.63, 3.8) is 0 Å². The third-order valence-corrected chi connectivity index (χ3v) is 5.12. The monoisotopic (exact) mass is 568 g/mol. The number of carbonyl (C=O) groups is 2. The molecule has 1 fully saturated rings. The van der Waals surface area contributed by atoms with Gasteiger partial charge in [-0.15, -0.1) is 0 Å². The molecule has 1 aliphatic carbocycles. The van der Waals surface area contributed by atoms with Crippen molar-refractivity contribution in [3.05, 3.63) is 0 Å². The predicted octanol–water partition coefficient (Wildman–Crippen LogP) is 6.33. The Bertz CT molecular complexity index is 722. The van der Waals surface area contributed by atoms with Crippen molar-refractivity contribution in [2.24, 2.45) is 11.3 Å². The summed E-state index contributed by atoms with van der Waals surface area (Å²) in [6, 6.07) is 0. The Hall–Kier alpha value is -1.06. The van der Waals surface area contributed by atoms with Crippen LogP contribution in [0.2, 0.25) is 0 Å². The van der Waals surface area contributed by atoms with E-state index in [2.05, 4.69) is 30.5 Å². The zero-order chi connectivity index (χ0) is 30.9. The Morgan fingerprint density at radius 1 is 0.718 bits per heavy atom. The van der Waals surface area contributed by atoms with Crippen molar-refractivity contribution in [1.82, 2.24) is 0 Å². The number of rotatable bonds is 13. The highest BCUT2D eigenvalue weighted by Gasteiger charge is 2.48. The van der Waals surface area contributed by atoms with Crippen molar-refractivity contribution in [1.29, 1.82) is 0 Å². The molecule has 0 heterocycles. The molecule has 232 valence electrons. The number of carbonyl (C=O) groups excluding carboxylic acids is 2. The fourth-order valence-corrected chi connectivity index (χ4v) is 4.20. The van der Waals surface area contributed by atoms with E-state index in [1.54, 1.807) is 0 Å². The van der Waals surface area contributed by atoms with E-state index in [1.165, 1.54) is 27.7 Å². The summed E-state index contributed by atoms with van der Waals surface area (Å²) in [5.41, 5.74) is -0.647. The molecule has 39 heavy (non-hydrogen) atoms. The third kappa shape index (κ3) is 16.7. The molecule has 0 amide bonds. The minimum Gasteiger partial charge on any atom is -0.300 e. The van der Waals surface area contributed by atoms with Crippen LogP contribution in [0.3, 0.4) is 0 Å². The molecular formula is C27H52O12. The van der Waals surface area contributed by atoms with E-state index in [9.17, 15) is 9.59 Å². The van der Waals surface area contributed by atoms with Crippen molar-refractivity contribution >= 4 is 11.6 Å². The van der Waals surface area contributed by atoms with E-state index in [0.717, 1.165) is 19.3 Å². The van der Waals surface area contributed by atoms with E-state index in [1.807, 2.05) is 41.5 Å². The van der Waals surface area contributed by atoms with Gasteiger partial charge < -0.3 is 0 Å². The van der Waals surface area contributed by atoms with Gasteiger partial charge in [0, 0.05) is 12.8 Å². The van der Waals surface area contributed by atoms with Gasteiger partial charge in [0.05, 0.1) is 24.0 Å². The summed E-state index contributed by atoms with van der Waals surface area (Å²) in [6.07, 6.45) is 2.06. The predicted molar refractivity (Wildman–Crippen MR) is 140 cm³/mol. The molecule has 0 saturated heterocycles. The van der Waals surface area contributed by atoms with Crippen LogP contribution in [-0.4, -0.2) is 50.6 Å². The Morgan fingerprint density at radius 2 is 1.08 bits per heavy atom. The van der Waals surface area contributed by atoms with Crippen LogP contribution in [0.25, 0.3) is 0 Å². The average molecular weight is 569 g/mol. The summed E-state index contributed by atoms with van der Waals surface area (Å²) in [4.78, 5) is 62.0. The van der Waals surface area contributed by atoms with Crippen molar-refractivity contribution in [2.45, 2.75) is 151 Å². The minimum atomic E-state index is -1.76. The van der Waals surface area contributed by atoms with Crippen molar-refractivity contribution in [3.8, 4) is 0 Å². The first-order valence-electron chi connectivity index (χ1n) is 13.1. The van der Waals surface area contributed by atoms with Gasteiger partial charge in [-0.3, -0.25) is 9.59 Å². The first-order chi connectivity index (χ1) is 17.4. The smallest absolute Gasteiger partial charge is 0.237 e. The van der Waals surface area contributed by atoms with Crippen LogP contribution in [0.15, 0.2) is 0 Å². The molecule has 3 atom stereocenters. The molecular weight excluding hydrogens is 516 g/mol. The highest BCUT2D eigenvalue weighted by atomic mass is 17.3. The highest BCUT2D eigenvalue weighted by Crippen LogP contribution is 2.47. The van der Waals surface area contributed by atoms with Crippen LogP contribution in [-0.2, 0) is 48.7 Å². The summed E-state index contributed by atoms with van der Waals surface area (Å²) in [6.45, 7) is 23.4. The maximum Gasteiger partial charge on any atom is 0.237 e. The maximum absolute atomic E-state index is 10.9. The normalized spacial score (nSPS) is 22.2. The summed E-state index contributed by atoms with van der Waals surface area (Å²) < 4.78 is 0. The molecule has 2 N–H and O–H groups in total. The molecule has 0 aromatic heterocycles. The Labute approximate surface area is 233 Å². The summed E-state index contributed by atoms with van der Waals surface area (Å²) in [5.74, 6) is -4.53. The van der Waals surface area contributed by atoms with Gasteiger partial charge in [-0.25, -0.2) is 30.1 Å². The number of Topliss-reactive ketones (excluding diaryl/α,β-unsaturated/α-hetero) is 2. The summed E-state index contributed by atoms with van der Waals surface area (Å²) >= 11 is 0. The van der Waals surface area contributed by atoms with Gasteiger partial charge in [0.15, 0.2) is 0 Å². The topological polar surface area (TPSA) is 148 Å². The van der Waals surface area contributed by atoms with E-state index >= 15 is 0 Å². The van der Waals surface area contributed by atoms with Gasteiger partial charge in [-0.2, -0.15) is 19.6 Å². The zero-order valence-electron chi connectivity index (χ0n) is 26.1. The maximum atomic E-state index is 10.9. The van der Waals surface area contributed by atoms with Gasteiger partial charge in [0.1, 0.15) is 11.6 Å². The highest BCUT2D eigenvalue weighted by molar-refractivity contribution is 5.76. The molecule has 0 aromatic carbocycles. The molecule has 3 unspecified atom stereocenters. The van der Waals surface area contributed by atoms with E-state index < -0.39 is 17.4 Å². The molecule has 12 nitrogen and oxygen atoms in total. The quantitative estimate of drug-likeness (QED) is 0.145. The Kier molecular flexibility index (Phi) is 14.3. The first-order valence-corrected chi connectivity index (χ1v) is 13.1. The van der Waals surface area contributed by atoms with Gasteiger partial charge in [-0.05, 0) is 87.0 Å². The van der Waals surface area contributed by atoms with E-state index in [0.29, 0.717) is 5.92 Å². The lowest BCUT2D eigenvalue weighted by Crippen LogP contribution is -2.48. The molecule has 1 aliphatic rings. The summed E-state index contributed by atoms with van der Waals surface area (Å²) in [5, 5.41) is 17.3. The number of hydrogen-bond acceptors (Lipinski definition) is 12. The van der Waals surface area contributed by atoms with Crippen molar-refractivity contribution < 1.29 is 59.2 Å². The lowest BCUT2D eigenvalue weighted by molar-refractivity contribution is -0.563. The second kappa shape index (κ2) is 14.7. The summed E-state index contributed by atoms with van der Waals surface area (Å²) in [7, 11) is 0. The molecule has 1 saturated carbocycles. The van der Waals surface area contributed by atoms with Crippen LogP contribution < -0.4 is 0 Å². The van der Waals surface area contributed by atoms with Crippen LogP contribution in [0.5, 0.6) is 0 Å². The molecule has 0 spiro atoms. The number of ketones is 2. The van der Waals surface area contributed by atoms with Crippen LogP contribution >= 0.6 is 0 Å². The third-order valence-electron chi connectivity index (χ3n) is 5.12. The second-order valence-corrected chi connectivity index (χ2v) is 13.7. The minimum absolute atomic E-state index is 0.125. The Morgan fingerprint density at radius 3 is 1.33 bits per heavy atom. The van der Waals surface area contributed by atoms with E-state index in [-0.39, 0.29) is 41.0 Å². The van der Waals surface area contributed by atoms with Crippen LogP contribution in [0.4, 0.5) is 0 Å². The largest absolute Gasteiger partial charge is 0.300 e. The lowest BCUT2D eigenvalue weighted by Gasteiger charge is -2.46. The molecule has 0 bridgehead atoms. The molecule has 12 heteroatoms. The molecule has 0 radical (unpaired) electrons. The fourth-order valence-electron chi connectivity index (χ4n) is 4.20. The lowest BCUT2D eigenvalue weighted by atomic mass is 9.70. The first kappa shape index (κ1) is 37.9. The van der Waals surface area contributed by atoms with Crippen LogP contribution in [0, 0.1) is 11.3 Å². The molecule has 1 rings (SSSR count). The SMILES string of the molecule is CC(=O)CC(C)(OO)OOC(C)(CC(C)=O)OO.CC1CC(C)(C)CC(OOC(C)(C)C)(OOC(C)(C)C)C1. The standard InChI is InChI=1S/C17H34O4.C10H18O8/c1-13-10-16(8,9)12-17(11-13,20-18-14(2,3)4)21-19-15(5,6)7;1-7(11)5-9(3,15-13)17-18-10(4,16-14)6-8(2)12/h13H,10-12H2,1-9H3;13-14H,5-6H2,1-4H3. The molecule has 0 aliphatic heterocycles. The van der Waals surface area contributed by atoms with Crippen molar-refractivity contribution in [2.75, 3.05) is 0 Å². The van der Waals surface area contributed by atoms with E-state index in [4.69, 9.17) is 39.8 Å². The number of hydrogen-bond donors (Lipinski definition) is 2. The Balaban J connectivity index is 0.000000751. The van der Waals surface area contributed by atoms with Crippen LogP contribution in [0.1, 0.15) is 122 Å². The fraction of sp³-hybridized carbons (Fsp3) is 0.926. The average Bonchev–Trinajstić information content (AvgIpc) is 2.72. The van der Waals surface area contributed by atoms with Gasteiger partial charge in [-0.1, -0.05) is 20.8 Å². The van der Waals surface area contributed by atoms with Gasteiger partial charge >= 0.3 is 0 Å². The zero-order valence-corrected chi connectivity index (χ0v) is 26.1. The molecule has 0 aromatic rings. The second-order valence-electron chi connectivity index (χ2n) is 13.7. The van der Waals surface area contributed by atoms with Gasteiger partial charge in [0.2, 0.25) is 17.4 Å².